The number of aliphatic hydroxyl groups excluding tert-OH is 1. The fourth-order valence-corrected chi connectivity index (χ4v) is 1.00. The fraction of sp³-hybridized carbons (Fsp3) is 0.875. The molecule has 0 saturated heterocycles. The van der Waals surface area contributed by atoms with Crippen molar-refractivity contribution in [3.8, 4) is 0 Å². The molecule has 0 aromatic heterocycles. The molecule has 1 amide bonds. The van der Waals surface area contributed by atoms with E-state index in [-0.39, 0.29) is 6.54 Å². The number of aliphatic hydroxyl groups is 1. The molecule has 1 radical (unpaired) electrons. The summed E-state index contributed by atoms with van der Waals surface area (Å²) >= 11 is 0. The van der Waals surface area contributed by atoms with Gasteiger partial charge in [0.1, 0.15) is 0 Å². The van der Waals surface area contributed by atoms with E-state index in [1.165, 1.54) is 6.41 Å². The van der Waals surface area contributed by atoms with Gasteiger partial charge in [-0.25, -0.2) is 0 Å². The van der Waals surface area contributed by atoms with E-state index in [0.717, 1.165) is 13.1 Å². The summed E-state index contributed by atoms with van der Waals surface area (Å²) in [5.74, 6) is 0. The molecule has 0 aliphatic rings. The van der Waals surface area contributed by atoms with Gasteiger partial charge < -0.3 is 15.3 Å². The smallest absolute Gasteiger partial charge is 0.309 e. The first-order valence-electron chi connectivity index (χ1n) is 4.25. The van der Waals surface area contributed by atoms with Crippen molar-refractivity contribution in [2.24, 2.45) is 0 Å². The van der Waals surface area contributed by atoms with Crippen LogP contribution in [0.15, 0.2) is 0 Å². The molecule has 0 spiro atoms. The van der Waals surface area contributed by atoms with Crippen LogP contribution in [0.25, 0.3) is 0 Å². The number of carbonyl (C=O) groups excluding carboxylic acids is 1. The van der Waals surface area contributed by atoms with Gasteiger partial charge in [0.25, 0.3) is 0 Å². The first-order valence-corrected chi connectivity index (χ1v) is 4.25. The van der Waals surface area contributed by atoms with Crippen LogP contribution >= 0.6 is 0 Å². The van der Waals surface area contributed by atoms with Gasteiger partial charge in [-0.2, -0.15) is 0 Å². The van der Waals surface area contributed by atoms with Gasteiger partial charge in [-0.1, -0.05) is 13.8 Å². The molecule has 12 heavy (non-hydrogen) atoms. The van der Waals surface area contributed by atoms with E-state index < -0.39 is 6.10 Å². The lowest BCUT2D eigenvalue weighted by atomic mass is 10.3. The highest BCUT2D eigenvalue weighted by Gasteiger charge is 2.07. The summed E-state index contributed by atoms with van der Waals surface area (Å²) in [6.07, 6.45) is 1.04. The van der Waals surface area contributed by atoms with E-state index in [1.807, 2.05) is 13.8 Å². The number of rotatable bonds is 7. The van der Waals surface area contributed by atoms with Crippen molar-refractivity contribution in [2.45, 2.75) is 20.0 Å². The second kappa shape index (κ2) is 7.06. The maximum absolute atomic E-state index is 9.77. The van der Waals surface area contributed by atoms with Gasteiger partial charge in [-0.3, -0.25) is 4.79 Å². The Bertz CT molecular complexity index is 116. The molecule has 0 heterocycles. The van der Waals surface area contributed by atoms with E-state index in [1.54, 1.807) is 0 Å². The largest absolute Gasteiger partial charge is 0.390 e. The minimum absolute atomic E-state index is 0.278. The molecule has 0 aromatic carbocycles. The highest BCUT2D eigenvalue weighted by molar-refractivity contribution is 5.46. The molecule has 2 N–H and O–H groups in total. The summed E-state index contributed by atoms with van der Waals surface area (Å²) in [7, 11) is 0. The number of amides is 1. The summed E-state index contributed by atoms with van der Waals surface area (Å²) in [5, 5.41) is 11.6. The zero-order valence-corrected chi connectivity index (χ0v) is 7.71. The minimum Gasteiger partial charge on any atom is -0.390 e. The van der Waals surface area contributed by atoms with Crippen LogP contribution in [0.3, 0.4) is 0 Å². The van der Waals surface area contributed by atoms with Gasteiger partial charge in [0, 0.05) is 13.1 Å². The second-order valence-electron chi connectivity index (χ2n) is 2.62. The number of nitrogens with one attached hydrogen (secondary N) is 1. The summed E-state index contributed by atoms with van der Waals surface area (Å²) in [5.41, 5.74) is 0. The Labute approximate surface area is 73.6 Å². The monoisotopic (exact) mass is 173 g/mol. The van der Waals surface area contributed by atoms with Crippen LogP contribution in [0.5, 0.6) is 0 Å². The average Bonchev–Trinajstić information content (AvgIpc) is 2.10. The van der Waals surface area contributed by atoms with Crippen molar-refractivity contribution >= 4 is 6.41 Å². The van der Waals surface area contributed by atoms with E-state index >= 15 is 0 Å². The van der Waals surface area contributed by atoms with Crippen molar-refractivity contribution in [2.75, 3.05) is 26.2 Å². The van der Waals surface area contributed by atoms with E-state index in [4.69, 9.17) is 0 Å². The Morgan fingerprint density at radius 1 is 1.50 bits per heavy atom. The molecule has 4 nitrogen and oxygen atoms in total. The van der Waals surface area contributed by atoms with Crippen LogP contribution in [0.1, 0.15) is 13.8 Å². The van der Waals surface area contributed by atoms with Crippen LogP contribution < -0.4 is 5.32 Å². The normalized spacial score (nSPS) is 13.0. The lowest BCUT2D eigenvalue weighted by molar-refractivity contribution is 0.120. The molecule has 1 atom stereocenters. The highest BCUT2D eigenvalue weighted by Crippen LogP contribution is 1.90. The molecule has 0 aliphatic carbocycles. The zero-order chi connectivity index (χ0) is 9.40. The Hall–Kier alpha value is -0.610. The van der Waals surface area contributed by atoms with Gasteiger partial charge in [0.2, 0.25) is 0 Å². The second-order valence-corrected chi connectivity index (χ2v) is 2.62. The molecule has 71 valence electrons. The van der Waals surface area contributed by atoms with Gasteiger partial charge >= 0.3 is 6.41 Å². The molecule has 0 rings (SSSR count). The third-order valence-corrected chi connectivity index (χ3v) is 1.77. The topological polar surface area (TPSA) is 52.6 Å². The van der Waals surface area contributed by atoms with Crippen molar-refractivity contribution in [3.63, 3.8) is 0 Å². The maximum atomic E-state index is 9.77. The molecular formula is C8H17N2O2. The minimum atomic E-state index is -0.494. The van der Waals surface area contributed by atoms with Crippen LogP contribution in [0.4, 0.5) is 0 Å². The predicted molar refractivity (Wildman–Crippen MR) is 47.5 cm³/mol. The summed E-state index contributed by atoms with van der Waals surface area (Å²) in [4.78, 5) is 11.9. The molecule has 0 aliphatic heterocycles. The number of likely N-dealkylation sites (N-methyl/N-ethyl adjacent to an activating group) is 1. The molecule has 1 unspecified atom stereocenters. The van der Waals surface area contributed by atoms with Gasteiger partial charge in [-0.15, -0.1) is 0 Å². The summed E-state index contributed by atoms with van der Waals surface area (Å²) in [6.45, 7) is 6.78. The Kier molecular flexibility index (Phi) is 6.70. The summed E-state index contributed by atoms with van der Waals surface area (Å²) < 4.78 is 0. The van der Waals surface area contributed by atoms with Crippen molar-refractivity contribution in [1.82, 2.24) is 10.2 Å². The zero-order valence-electron chi connectivity index (χ0n) is 7.71. The third kappa shape index (κ3) is 5.09. The Morgan fingerprint density at radius 3 is 2.50 bits per heavy atom. The van der Waals surface area contributed by atoms with Crippen LogP contribution in [-0.4, -0.2) is 48.7 Å². The predicted octanol–water partition coefficient (Wildman–Crippen LogP) is -0.654. The molecular weight excluding hydrogens is 156 g/mol. The molecule has 4 heteroatoms. The quantitative estimate of drug-likeness (QED) is 0.503. The molecule has 0 bridgehead atoms. The maximum Gasteiger partial charge on any atom is 0.309 e. The van der Waals surface area contributed by atoms with Crippen molar-refractivity contribution in [1.29, 1.82) is 0 Å². The Morgan fingerprint density at radius 2 is 2.08 bits per heavy atom. The highest BCUT2D eigenvalue weighted by atomic mass is 16.3. The van der Waals surface area contributed by atoms with E-state index in [9.17, 15) is 9.90 Å². The lowest BCUT2D eigenvalue weighted by Crippen LogP contribution is -2.37. The van der Waals surface area contributed by atoms with E-state index in [0.29, 0.717) is 6.54 Å². The number of hydrogen-bond donors (Lipinski definition) is 2. The van der Waals surface area contributed by atoms with Gasteiger partial charge in [0.15, 0.2) is 0 Å². The first kappa shape index (κ1) is 11.4. The number of nitrogens with zero attached hydrogens (tertiary/aromatic N) is 1. The molecule has 0 fully saturated rings. The van der Waals surface area contributed by atoms with Crippen molar-refractivity contribution < 1.29 is 9.90 Å². The van der Waals surface area contributed by atoms with E-state index in [2.05, 4.69) is 10.2 Å². The molecule has 0 saturated carbocycles. The van der Waals surface area contributed by atoms with Gasteiger partial charge in [0.05, 0.1) is 6.10 Å². The van der Waals surface area contributed by atoms with Crippen LogP contribution in [0, 0.1) is 0 Å². The third-order valence-electron chi connectivity index (χ3n) is 1.77. The first-order chi connectivity index (χ1) is 5.74. The summed E-state index contributed by atoms with van der Waals surface area (Å²) in [6, 6.07) is 0. The number of hydrogen-bond acceptors (Lipinski definition) is 3. The SMILES string of the molecule is CCN(CC)CC(O)CN[C]=O. The fourth-order valence-electron chi connectivity index (χ4n) is 1.00. The van der Waals surface area contributed by atoms with Crippen molar-refractivity contribution in [3.05, 3.63) is 0 Å². The average molecular weight is 173 g/mol. The van der Waals surface area contributed by atoms with Crippen LogP contribution in [-0.2, 0) is 4.79 Å². The molecule has 0 aromatic rings. The standard InChI is InChI=1S/C8H17N2O2/c1-3-10(4-2)6-8(12)5-9-7-11/h8,12H,3-6H2,1-2H3,(H,9,11). The van der Waals surface area contributed by atoms with Crippen LogP contribution in [0.2, 0.25) is 0 Å². The Balaban J connectivity index is 3.50. The van der Waals surface area contributed by atoms with Gasteiger partial charge in [-0.05, 0) is 13.1 Å². The lowest BCUT2D eigenvalue weighted by Gasteiger charge is -2.21.